The van der Waals surface area contributed by atoms with E-state index < -0.39 is 5.82 Å². The van der Waals surface area contributed by atoms with Crippen molar-refractivity contribution in [3.05, 3.63) is 30.2 Å². The van der Waals surface area contributed by atoms with E-state index in [2.05, 4.69) is 31.0 Å². The second kappa shape index (κ2) is 7.40. The molecule has 2 aliphatic rings. The van der Waals surface area contributed by atoms with E-state index in [0.29, 0.717) is 16.9 Å². The van der Waals surface area contributed by atoms with Crippen LogP contribution in [0.5, 0.6) is 5.75 Å². The monoisotopic (exact) mass is 371 g/mol. The molecule has 1 aromatic carbocycles. The first-order chi connectivity index (χ1) is 13.0. The molecule has 27 heavy (non-hydrogen) atoms. The van der Waals surface area contributed by atoms with Crippen LogP contribution in [0, 0.1) is 18.1 Å². The molecule has 6 heteroatoms. The van der Waals surface area contributed by atoms with Gasteiger partial charge in [0, 0.05) is 44.5 Å². The van der Waals surface area contributed by atoms with E-state index in [9.17, 15) is 9.18 Å². The molecule has 4 rings (SSSR count). The first-order valence-corrected chi connectivity index (χ1v) is 9.88. The summed E-state index contributed by atoms with van der Waals surface area (Å²) in [4.78, 5) is 16.9. The van der Waals surface area contributed by atoms with Gasteiger partial charge in [0.15, 0.2) is 11.6 Å². The van der Waals surface area contributed by atoms with Crippen LogP contribution in [0.15, 0.2) is 12.1 Å². The number of benzene rings is 1. The maximum absolute atomic E-state index is 14.5. The normalized spacial score (nSPS) is 19.0. The number of nitrogens with zero attached hydrogens (tertiary/aromatic N) is 3. The van der Waals surface area contributed by atoms with Crippen molar-refractivity contribution >= 4 is 16.9 Å². The Kier molecular flexibility index (Phi) is 4.96. The van der Waals surface area contributed by atoms with Crippen LogP contribution in [0.4, 0.5) is 9.18 Å². The number of hydrogen-bond acceptors (Lipinski definition) is 3. The summed E-state index contributed by atoms with van der Waals surface area (Å²) in [6, 6.07) is 6.28. The molecule has 0 saturated carbocycles. The van der Waals surface area contributed by atoms with Crippen LogP contribution in [0.1, 0.15) is 39.5 Å². The number of piperidine rings is 1. The molecular weight excluding hydrogens is 345 g/mol. The van der Waals surface area contributed by atoms with Crippen LogP contribution in [0.3, 0.4) is 0 Å². The Balaban J connectivity index is 1.54. The van der Waals surface area contributed by atoms with Gasteiger partial charge in [0.1, 0.15) is 6.10 Å². The first-order valence-electron chi connectivity index (χ1n) is 9.88. The van der Waals surface area contributed by atoms with Gasteiger partial charge in [-0.15, -0.1) is 0 Å². The highest BCUT2D eigenvalue weighted by Crippen LogP contribution is 2.28. The van der Waals surface area contributed by atoms with Gasteiger partial charge < -0.3 is 14.5 Å². The number of halogens is 1. The van der Waals surface area contributed by atoms with Gasteiger partial charge in [0.25, 0.3) is 0 Å². The zero-order valence-electron chi connectivity index (χ0n) is 16.0. The van der Waals surface area contributed by atoms with Crippen molar-refractivity contribution in [2.24, 2.45) is 0 Å². The summed E-state index contributed by atoms with van der Waals surface area (Å²) >= 11 is 0. The van der Waals surface area contributed by atoms with Gasteiger partial charge >= 0.3 is 6.03 Å². The summed E-state index contributed by atoms with van der Waals surface area (Å²) in [5.41, 5.74) is 0.600. The summed E-state index contributed by atoms with van der Waals surface area (Å²) in [5.74, 6) is -0.203. The van der Waals surface area contributed by atoms with E-state index in [1.807, 2.05) is 0 Å². The Morgan fingerprint density at radius 1 is 1.19 bits per heavy atom. The fourth-order valence-electron chi connectivity index (χ4n) is 3.98. The number of fused-ring (bicyclic) bond motifs is 1. The lowest BCUT2D eigenvalue weighted by Gasteiger charge is -2.34. The highest BCUT2D eigenvalue weighted by atomic mass is 19.1. The Morgan fingerprint density at radius 2 is 1.89 bits per heavy atom. The minimum Gasteiger partial charge on any atom is -0.487 e. The SMILES string of the molecule is CC(C)N1CCC(Oc2cc3c(c#cn3C(=O)N3CCCC3)cc2F)CC1. The van der Waals surface area contributed by atoms with Crippen molar-refractivity contribution in [1.82, 2.24) is 14.4 Å². The summed E-state index contributed by atoms with van der Waals surface area (Å²) in [7, 11) is 0. The lowest BCUT2D eigenvalue weighted by molar-refractivity contribution is 0.0817. The van der Waals surface area contributed by atoms with Gasteiger partial charge in [-0.25, -0.2) is 13.8 Å². The Hall–Kier alpha value is -2.26. The van der Waals surface area contributed by atoms with Crippen molar-refractivity contribution in [2.45, 2.75) is 51.7 Å². The molecule has 0 spiro atoms. The molecule has 0 unspecified atom stereocenters. The Morgan fingerprint density at radius 3 is 2.56 bits per heavy atom. The number of likely N-dealkylation sites (tertiary alicyclic amines) is 2. The molecule has 0 bridgehead atoms. The molecule has 0 aliphatic carbocycles. The summed E-state index contributed by atoms with van der Waals surface area (Å²) in [6.07, 6.45) is 6.63. The smallest absolute Gasteiger partial charge is 0.336 e. The molecular formula is C21H26FN3O2. The maximum Gasteiger partial charge on any atom is 0.336 e. The van der Waals surface area contributed by atoms with E-state index in [1.54, 1.807) is 11.0 Å². The number of amides is 1. The Bertz CT molecular complexity index is 818. The van der Waals surface area contributed by atoms with Gasteiger partial charge in [0.05, 0.1) is 10.9 Å². The molecule has 1 aromatic heterocycles. The van der Waals surface area contributed by atoms with Crippen molar-refractivity contribution < 1.29 is 13.9 Å². The van der Waals surface area contributed by atoms with E-state index in [1.165, 1.54) is 10.6 Å². The highest BCUT2D eigenvalue weighted by molar-refractivity contribution is 5.90. The third-order valence-corrected chi connectivity index (χ3v) is 5.66. The predicted octanol–water partition coefficient (Wildman–Crippen LogP) is 3.70. The maximum atomic E-state index is 14.5. The van der Waals surface area contributed by atoms with E-state index in [4.69, 9.17) is 4.74 Å². The molecule has 5 nitrogen and oxygen atoms in total. The lowest BCUT2D eigenvalue weighted by atomic mass is 10.1. The molecule has 0 radical (unpaired) electrons. The number of rotatable bonds is 3. The first kappa shape index (κ1) is 18.1. The molecule has 2 saturated heterocycles. The molecule has 3 heterocycles. The van der Waals surface area contributed by atoms with Gasteiger partial charge in [-0.05, 0) is 51.7 Å². The molecule has 2 aromatic rings. The molecule has 2 fully saturated rings. The number of carbonyl (C=O) groups excluding carboxylic acids is 1. The fourth-order valence-corrected chi connectivity index (χ4v) is 3.98. The van der Waals surface area contributed by atoms with Crippen LogP contribution in [-0.4, -0.2) is 58.7 Å². The lowest BCUT2D eigenvalue weighted by Crippen LogP contribution is -2.41. The topological polar surface area (TPSA) is 37.7 Å². The van der Waals surface area contributed by atoms with Crippen LogP contribution in [-0.2, 0) is 0 Å². The number of carbonyl (C=O) groups is 1. The second-order valence-corrected chi connectivity index (χ2v) is 7.80. The van der Waals surface area contributed by atoms with Crippen molar-refractivity contribution in [1.29, 1.82) is 0 Å². The van der Waals surface area contributed by atoms with Gasteiger partial charge in [0.2, 0.25) is 0 Å². The zero-order valence-corrected chi connectivity index (χ0v) is 16.0. The fraction of sp³-hybridized carbons (Fsp3) is 0.571. The number of aromatic nitrogens is 1. The number of ether oxygens (including phenoxy) is 1. The third-order valence-electron chi connectivity index (χ3n) is 5.66. The van der Waals surface area contributed by atoms with Gasteiger partial charge in [-0.2, -0.15) is 0 Å². The van der Waals surface area contributed by atoms with Crippen LogP contribution in [0.25, 0.3) is 10.9 Å². The minimum atomic E-state index is -0.412. The minimum absolute atomic E-state index is 0.00222. The van der Waals surface area contributed by atoms with Crippen molar-refractivity contribution in [3.8, 4) is 5.75 Å². The van der Waals surface area contributed by atoms with Gasteiger partial charge in [-0.1, -0.05) is 0 Å². The van der Waals surface area contributed by atoms with E-state index in [0.717, 1.165) is 51.9 Å². The number of hydrogen-bond donors (Lipinski definition) is 0. The average molecular weight is 371 g/mol. The Labute approximate surface area is 159 Å². The highest BCUT2D eigenvalue weighted by Gasteiger charge is 2.24. The third kappa shape index (κ3) is 3.61. The quantitative estimate of drug-likeness (QED) is 0.826. The van der Waals surface area contributed by atoms with Crippen LogP contribution >= 0.6 is 0 Å². The molecule has 0 atom stereocenters. The molecule has 0 N–H and O–H groups in total. The molecule has 144 valence electrons. The molecule has 2 aliphatic heterocycles. The molecule has 1 amide bonds. The predicted molar refractivity (Wildman–Crippen MR) is 102 cm³/mol. The zero-order chi connectivity index (χ0) is 19.0. The summed E-state index contributed by atoms with van der Waals surface area (Å²) in [5, 5.41) is 0.544. The summed E-state index contributed by atoms with van der Waals surface area (Å²) in [6.45, 7) is 7.80. The van der Waals surface area contributed by atoms with Crippen molar-refractivity contribution in [2.75, 3.05) is 26.2 Å². The second-order valence-electron chi connectivity index (χ2n) is 7.80. The van der Waals surface area contributed by atoms with Gasteiger partial charge in [-0.3, -0.25) is 0 Å². The van der Waals surface area contributed by atoms with Crippen LogP contribution < -0.4 is 4.74 Å². The average Bonchev–Trinajstić information content (AvgIpc) is 3.32. The standard InChI is InChI=1S/C21H26FN3O2/c1-15(2)23-10-6-17(7-11-23)27-20-14-19-16(13-18(20)22)5-12-25(19)21(26)24-8-3-4-9-24/h13-15,17H,3-4,6-11H2,1-2H3. The summed E-state index contributed by atoms with van der Waals surface area (Å²) < 4.78 is 21.9. The van der Waals surface area contributed by atoms with E-state index in [-0.39, 0.29) is 17.9 Å². The van der Waals surface area contributed by atoms with Crippen LogP contribution in [0.2, 0.25) is 0 Å². The van der Waals surface area contributed by atoms with Crippen molar-refractivity contribution in [3.63, 3.8) is 0 Å². The van der Waals surface area contributed by atoms with E-state index >= 15 is 0 Å². The largest absolute Gasteiger partial charge is 0.487 e.